The van der Waals surface area contributed by atoms with E-state index in [9.17, 15) is 18.0 Å². The van der Waals surface area contributed by atoms with Crippen molar-refractivity contribution < 1.29 is 22.7 Å². The highest BCUT2D eigenvalue weighted by atomic mass is 35.5. The van der Waals surface area contributed by atoms with Crippen LogP contribution in [0.4, 0.5) is 5.69 Å². The Morgan fingerprint density at radius 1 is 0.951 bits per heavy atom. The van der Waals surface area contributed by atoms with Gasteiger partial charge in [0, 0.05) is 12.1 Å². The molecule has 0 heterocycles. The molecule has 41 heavy (non-hydrogen) atoms. The van der Waals surface area contributed by atoms with Gasteiger partial charge in [-0.2, -0.15) is 0 Å². The molecule has 1 N–H and O–H groups in total. The maximum Gasteiger partial charge on any atom is 0.264 e. The fourth-order valence-electron chi connectivity index (χ4n) is 4.02. The van der Waals surface area contributed by atoms with Gasteiger partial charge in [-0.25, -0.2) is 8.42 Å². The van der Waals surface area contributed by atoms with Crippen LogP contribution < -0.4 is 14.4 Å². The SMILES string of the molecule is CCOc1ccc(S(=O)(=O)N(CC(=O)N(Cc2ccc(Cl)c(Cl)c2)[C@@H](C)C(=O)NC(C)(C)C)c2ccccc2)cc1. The third kappa shape index (κ3) is 8.61. The van der Waals surface area contributed by atoms with Crippen LogP contribution in [0.3, 0.4) is 0 Å². The van der Waals surface area contributed by atoms with E-state index in [-0.39, 0.29) is 17.3 Å². The van der Waals surface area contributed by atoms with Crippen molar-refractivity contribution in [2.75, 3.05) is 17.5 Å². The minimum atomic E-state index is -4.18. The summed E-state index contributed by atoms with van der Waals surface area (Å²) in [7, 11) is -4.18. The number of hydrogen-bond acceptors (Lipinski definition) is 5. The molecule has 0 aliphatic carbocycles. The van der Waals surface area contributed by atoms with E-state index in [1.807, 2.05) is 27.7 Å². The molecule has 0 fully saturated rings. The molecule has 0 bridgehead atoms. The largest absolute Gasteiger partial charge is 0.494 e. The fraction of sp³-hybridized carbons (Fsp3) is 0.333. The Balaban J connectivity index is 2.02. The summed E-state index contributed by atoms with van der Waals surface area (Å²) in [4.78, 5) is 28.5. The number of halogens is 2. The number of para-hydroxylation sites is 1. The van der Waals surface area contributed by atoms with Crippen molar-refractivity contribution >= 4 is 50.7 Å². The number of anilines is 1. The minimum Gasteiger partial charge on any atom is -0.494 e. The van der Waals surface area contributed by atoms with Gasteiger partial charge >= 0.3 is 0 Å². The topological polar surface area (TPSA) is 96.0 Å². The molecule has 0 saturated carbocycles. The first-order valence-corrected chi connectivity index (χ1v) is 15.3. The predicted molar refractivity (Wildman–Crippen MR) is 163 cm³/mol. The van der Waals surface area contributed by atoms with Crippen LogP contribution in [0, 0.1) is 0 Å². The van der Waals surface area contributed by atoms with Gasteiger partial charge in [0.1, 0.15) is 18.3 Å². The van der Waals surface area contributed by atoms with E-state index in [2.05, 4.69) is 5.32 Å². The number of hydrogen-bond donors (Lipinski definition) is 1. The Hall–Kier alpha value is -3.27. The average Bonchev–Trinajstić information content (AvgIpc) is 2.91. The van der Waals surface area contributed by atoms with Gasteiger partial charge in [0.2, 0.25) is 11.8 Å². The van der Waals surface area contributed by atoms with Crippen LogP contribution in [-0.4, -0.2) is 49.9 Å². The zero-order valence-corrected chi connectivity index (χ0v) is 26.1. The lowest BCUT2D eigenvalue weighted by Crippen LogP contribution is -2.54. The maximum atomic E-state index is 14.0. The van der Waals surface area contributed by atoms with Crippen molar-refractivity contribution in [3.05, 3.63) is 88.4 Å². The number of amides is 2. The molecule has 0 aliphatic rings. The van der Waals surface area contributed by atoms with Crippen molar-refractivity contribution in [1.29, 1.82) is 0 Å². The molecule has 0 unspecified atom stereocenters. The second kappa shape index (κ2) is 13.6. The molecule has 0 spiro atoms. The molecule has 1 atom stereocenters. The molecular weight excluding hydrogens is 585 g/mol. The number of ether oxygens (including phenoxy) is 1. The molecular formula is C30H35Cl2N3O5S. The van der Waals surface area contributed by atoms with E-state index in [1.165, 1.54) is 17.0 Å². The Labute approximate surface area is 252 Å². The number of carbonyl (C=O) groups is 2. The van der Waals surface area contributed by atoms with E-state index in [0.29, 0.717) is 33.7 Å². The molecule has 2 amide bonds. The van der Waals surface area contributed by atoms with Gasteiger partial charge in [-0.15, -0.1) is 0 Å². The molecule has 0 radical (unpaired) electrons. The van der Waals surface area contributed by atoms with E-state index in [4.69, 9.17) is 27.9 Å². The number of nitrogens with one attached hydrogen (secondary N) is 1. The lowest BCUT2D eigenvalue weighted by molar-refractivity contribution is -0.140. The van der Waals surface area contributed by atoms with Crippen LogP contribution in [0.25, 0.3) is 0 Å². The van der Waals surface area contributed by atoms with Gasteiger partial charge in [0.15, 0.2) is 0 Å². The van der Waals surface area contributed by atoms with Crippen LogP contribution in [0.5, 0.6) is 5.75 Å². The molecule has 0 aromatic heterocycles. The van der Waals surface area contributed by atoms with Crippen molar-refractivity contribution in [2.24, 2.45) is 0 Å². The summed E-state index contributed by atoms with van der Waals surface area (Å²) in [6.45, 7) is 8.83. The molecule has 8 nitrogen and oxygen atoms in total. The molecule has 220 valence electrons. The van der Waals surface area contributed by atoms with E-state index >= 15 is 0 Å². The first-order valence-electron chi connectivity index (χ1n) is 13.1. The Morgan fingerprint density at radius 2 is 1.59 bits per heavy atom. The van der Waals surface area contributed by atoms with Gasteiger partial charge in [0.05, 0.1) is 27.2 Å². The molecule has 0 saturated heterocycles. The number of benzene rings is 3. The third-order valence-corrected chi connectivity index (χ3v) is 8.58. The normalized spacial score (nSPS) is 12.4. The number of nitrogens with zero attached hydrogens (tertiary/aromatic N) is 2. The standard InChI is InChI=1S/C30H35Cl2N3O5S/c1-6-40-24-13-15-25(16-14-24)41(38,39)35(23-10-8-7-9-11-23)20-28(36)34(21(2)29(37)33-30(3,4)5)19-22-12-17-26(31)27(32)18-22/h7-18,21H,6,19-20H2,1-5H3,(H,33,37)/t21-/m0/s1. The summed E-state index contributed by atoms with van der Waals surface area (Å²) >= 11 is 12.3. The zero-order valence-electron chi connectivity index (χ0n) is 23.7. The molecule has 3 rings (SSSR count). The van der Waals surface area contributed by atoms with Crippen LogP contribution in [0.15, 0.2) is 77.7 Å². The summed E-state index contributed by atoms with van der Waals surface area (Å²) in [5, 5.41) is 3.54. The first kappa shape index (κ1) is 32.2. The minimum absolute atomic E-state index is 0.000181. The number of carbonyl (C=O) groups excluding carboxylic acids is 2. The lowest BCUT2D eigenvalue weighted by atomic mass is 10.1. The second-order valence-electron chi connectivity index (χ2n) is 10.4. The summed E-state index contributed by atoms with van der Waals surface area (Å²) in [5.41, 5.74) is 0.385. The highest BCUT2D eigenvalue weighted by molar-refractivity contribution is 7.92. The first-order chi connectivity index (χ1) is 19.2. The maximum absolute atomic E-state index is 14.0. The van der Waals surface area contributed by atoms with Crippen molar-refractivity contribution in [1.82, 2.24) is 10.2 Å². The summed E-state index contributed by atoms with van der Waals surface area (Å²) < 4.78 is 34.3. The van der Waals surface area contributed by atoms with Gasteiger partial charge in [0.25, 0.3) is 10.0 Å². The van der Waals surface area contributed by atoms with Crippen molar-refractivity contribution in [3.8, 4) is 5.75 Å². The predicted octanol–water partition coefficient (Wildman–Crippen LogP) is 5.92. The van der Waals surface area contributed by atoms with E-state index < -0.39 is 34.1 Å². The third-order valence-electron chi connectivity index (χ3n) is 6.05. The van der Waals surface area contributed by atoms with Gasteiger partial charge in [-0.3, -0.25) is 13.9 Å². The van der Waals surface area contributed by atoms with Gasteiger partial charge in [-0.1, -0.05) is 47.5 Å². The molecule has 3 aromatic rings. The smallest absolute Gasteiger partial charge is 0.264 e. The molecule has 3 aromatic carbocycles. The summed E-state index contributed by atoms with van der Waals surface area (Å²) in [6.07, 6.45) is 0. The quantitative estimate of drug-likeness (QED) is 0.287. The van der Waals surface area contributed by atoms with Gasteiger partial charge in [-0.05, 0) is 88.7 Å². The van der Waals surface area contributed by atoms with E-state index in [1.54, 1.807) is 67.6 Å². The highest BCUT2D eigenvalue weighted by Gasteiger charge is 2.33. The van der Waals surface area contributed by atoms with Crippen LogP contribution in [-0.2, 0) is 26.2 Å². The molecule has 0 aliphatic heterocycles. The number of rotatable bonds is 11. The Kier molecular flexibility index (Phi) is 10.7. The number of sulfonamides is 1. The van der Waals surface area contributed by atoms with Crippen molar-refractivity contribution in [2.45, 2.75) is 57.6 Å². The van der Waals surface area contributed by atoms with E-state index in [0.717, 1.165) is 4.31 Å². The lowest BCUT2D eigenvalue weighted by Gasteiger charge is -2.33. The molecule has 11 heteroatoms. The van der Waals surface area contributed by atoms with Crippen molar-refractivity contribution in [3.63, 3.8) is 0 Å². The van der Waals surface area contributed by atoms with Gasteiger partial charge < -0.3 is 15.0 Å². The monoisotopic (exact) mass is 619 g/mol. The fourth-order valence-corrected chi connectivity index (χ4v) is 5.75. The highest BCUT2D eigenvalue weighted by Crippen LogP contribution is 2.27. The zero-order chi connectivity index (χ0) is 30.4. The van der Waals surface area contributed by atoms with Crippen LogP contribution >= 0.6 is 23.2 Å². The summed E-state index contributed by atoms with van der Waals surface area (Å²) in [5.74, 6) is -0.433. The Morgan fingerprint density at radius 3 is 2.15 bits per heavy atom. The summed E-state index contributed by atoms with van der Waals surface area (Å²) in [6, 6.07) is 18.4. The van der Waals surface area contributed by atoms with Crippen LogP contribution in [0.2, 0.25) is 10.0 Å². The van der Waals surface area contributed by atoms with Crippen LogP contribution in [0.1, 0.15) is 40.2 Å². The second-order valence-corrected chi connectivity index (χ2v) is 13.1. The Bertz CT molecular complexity index is 1460. The average molecular weight is 621 g/mol.